The molecule has 12 atom stereocenters. The van der Waals surface area contributed by atoms with Crippen molar-refractivity contribution in [3.8, 4) is 189 Å². The third-order valence-electron chi connectivity index (χ3n) is 22.9. The zero-order chi connectivity index (χ0) is 94.9. The van der Waals surface area contributed by atoms with E-state index in [1.54, 1.807) is 0 Å². The van der Waals surface area contributed by atoms with Gasteiger partial charge in [0, 0.05) is 55.6 Å². The summed E-state index contributed by atoms with van der Waals surface area (Å²) in [5.74, 6) is -75.9. The van der Waals surface area contributed by atoms with Gasteiger partial charge in [-0.15, -0.1) is 0 Å². The van der Waals surface area contributed by atoms with Crippen LogP contribution in [0.1, 0.15) is 122 Å². The van der Waals surface area contributed by atoms with Gasteiger partial charge >= 0.3 is 59.7 Å². The fraction of sp³-hybridized carbons (Fsp3) is 0.173. The summed E-state index contributed by atoms with van der Waals surface area (Å²) < 4.78 is 64.8. The molecule has 1 spiro atoms. The standard InChI is InChI=1S/C81H52O50/c82-20-1-12(2-21(83)44(20)91)71(111)123-29-10-121-72(112)13-3-22(84)45(92)52(99)31(13)33-15(5-24(86)47(94)54(33)101)75(115)125-63(29)68-66-42-37-19(9-28(90)51(98)65(37)131-81(42)43(80(120)127-66)40(61(108)70(81)110)36-18(78(118)129-68)8-27(89)50(97)57(36)104)74(114)124-30-11-122-73(113)14-4-23(85)46(93)53(100)32(14)34-16(6-25(87)48(95)55(34)102)76(116)126-64(30)69-67-60(107)41-39(79(119)128-67)38(58(105)62(109)59(41)106)35-17(77(117)130-69)7-26(88)49(96)56(35)103/h1-9,29-30,42-43,60,63-64,66-69,82-109H,10-11H2/t29-,30-,42-,43-,60-,63-,64-,66+,67-,68+,69-,81?/m1/s1. The lowest BCUT2D eigenvalue weighted by Gasteiger charge is -2.47. The molecule has 9 aliphatic rings. The van der Waals surface area contributed by atoms with E-state index in [1.165, 1.54) is 0 Å². The van der Waals surface area contributed by atoms with Crippen LogP contribution >= 0.6 is 0 Å². The molecule has 18 rings (SSSR count). The molecule has 50 heteroatoms. The molecule has 676 valence electrons. The number of hydrogen-bond donors (Lipinski definition) is 28. The number of phenols is 26. The van der Waals surface area contributed by atoms with Crippen molar-refractivity contribution in [2.45, 2.75) is 66.5 Å². The highest BCUT2D eigenvalue weighted by Crippen LogP contribution is 2.68. The number of cyclic esters (lactones) is 5. The van der Waals surface area contributed by atoms with Gasteiger partial charge in [-0.25, -0.2) is 43.2 Å². The van der Waals surface area contributed by atoms with Crippen LogP contribution in [-0.2, 0) is 57.0 Å². The van der Waals surface area contributed by atoms with Crippen LogP contribution in [0.4, 0.5) is 0 Å². The number of ketones is 1. The lowest BCUT2D eigenvalue weighted by atomic mass is 9.66. The summed E-state index contributed by atoms with van der Waals surface area (Å²) in [6.07, 6.45) is -29.3. The van der Waals surface area contributed by atoms with E-state index in [1.807, 2.05) is 0 Å². The molecule has 1 aliphatic carbocycles. The van der Waals surface area contributed by atoms with Crippen LogP contribution in [0.3, 0.4) is 0 Å². The van der Waals surface area contributed by atoms with E-state index in [2.05, 4.69) is 0 Å². The normalized spacial score (nSPS) is 22.8. The molecular formula is C81H52O50. The maximum Gasteiger partial charge on any atom is 0.339 e. The molecule has 131 heavy (non-hydrogen) atoms. The van der Waals surface area contributed by atoms with Crippen molar-refractivity contribution in [1.82, 2.24) is 0 Å². The minimum absolute atomic E-state index is 0.0682. The van der Waals surface area contributed by atoms with E-state index >= 15 is 38.4 Å². The van der Waals surface area contributed by atoms with Crippen LogP contribution in [0.15, 0.2) is 60.4 Å². The molecule has 1 saturated heterocycles. The molecule has 8 aliphatic heterocycles. The summed E-state index contributed by atoms with van der Waals surface area (Å²) in [4.78, 5) is 171. The zero-order valence-corrected chi connectivity index (χ0v) is 64.0. The van der Waals surface area contributed by atoms with Crippen LogP contribution in [0.5, 0.6) is 155 Å². The SMILES string of the molecule is O=C(O[C@@H]1COC(=O)c2cc(O)c(O)c(O)c2-c2c(cc(O)c(O)c2O)C(=O)O[C@H]1[C@@H]1OC(=O)c2cc(O)c(O)c(O)c2C2=C(O)C(=O)C34Oc5c(O)c(O)cc(C(=O)O[C@@H]6COC(=O)c7cc(O)c(O)c(O)c7-c7c(cc(O)c(O)c7O)C(=O)O[C@H]6[C@H]6OC(=O)c7cc(O)c(O)c(O)c7-c7c(O)c(O)c(O)c8c7C(=O)O[C@@H]6[C@@H]8O)c5[C@@H]3[C@@H]1OC(=O)[C@@H]24)c1cc(O)c(O)c(O)c1. The van der Waals surface area contributed by atoms with Gasteiger partial charge in [-0.05, 0) is 54.6 Å². The first-order chi connectivity index (χ1) is 61.7. The van der Waals surface area contributed by atoms with Gasteiger partial charge in [-0.2, -0.15) is 0 Å². The van der Waals surface area contributed by atoms with Crippen molar-refractivity contribution in [1.29, 1.82) is 0 Å². The molecule has 8 bridgehead atoms. The van der Waals surface area contributed by atoms with Crippen molar-refractivity contribution >= 4 is 71.0 Å². The van der Waals surface area contributed by atoms with Gasteiger partial charge in [0.05, 0.1) is 56.0 Å². The van der Waals surface area contributed by atoms with E-state index in [4.69, 9.17) is 52.1 Å². The van der Waals surface area contributed by atoms with Crippen molar-refractivity contribution < 1.29 is 248 Å². The Morgan fingerprint density at radius 2 is 0.641 bits per heavy atom. The zero-order valence-electron chi connectivity index (χ0n) is 64.0. The van der Waals surface area contributed by atoms with Crippen LogP contribution < -0.4 is 4.74 Å². The first kappa shape index (κ1) is 84.7. The highest BCUT2D eigenvalue weighted by atomic mass is 16.7. The smallest absolute Gasteiger partial charge is 0.339 e. The number of carbonyl (C=O) groups is 11. The molecule has 9 aromatic rings. The molecule has 0 saturated carbocycles. The van der Waals surface area contributed by atoms with Crippen LogP contribution in [0.2, 0.25) is 0 Å². The van der Waals surface area contributed by atoms with Gasteiger partial charge < -0.3 is 195 Å². The van der Waals surface area contributed by atoms with Gasteiger partial charge in [0.2, 0.25) is 57.4 Å². The number of aliphatic hydroxyl groups excluding tert-OH is 2. The minimum atomic E-state index is -3.85. The maximum atomic E-state index is 16.6. The Morgan fingerprint density at radius 1 is 0.305 bits per heavy atom. The Balaban J connectivity index is 0.916. The Morgan fingerprint density at radius 3 is 1.06 bits per heavy atom. The third kappa shape index (κ3) is 11.9. The fourth-order valence-corrected chi connectivity index (χ4v) is 17.0. The largest absolute Gasteiger partial charge is 0.504 e. The Kier molecular flexibility index (Phi) is 18.8. The molecule has 1 fully saturated rings. The van der Waals surface area contributed by atoms with Crippen molar-refractivity contribution in [2.75, 3.05) is 13.2 Å². The third-order valence-corrected chi connectivity index (χ3v) is 22.9. The van der Waals surface area contributed by atoms with Crippen LogP contribution in [0.25, 0.3) is 39.0 Å². The molecule has 1 unspecified atom stereocenters. The Bertz CT molecular complexity index is 6890. The quantitative estimate of drug-likeness (QED) is 0.0645. The number of hydrogen-bond acceptors (Lipinski definition) is 50. The molecule has 0 radical (unpaired) electrons. The molecule has 50 nitrogen and oxygen atoms in total. The van der Waals surface area contributed by atoms with E-state index in [-0.39, 0.29) is 42.5 Å². The molecule has 0 aromatic heterocycles. The average Bonchev–Trinajstić information content (AvgIpc) is 1.50. The number of rotatable bonds is 6. The molecule has 28 N–H and O–H groups in total. The summed E-state index contributed by atoms with van der Waals surface area (Å²) in [5, 5.41) is 319. The number of aromatic hydroxyl groups is 26. The van der Waals surface area contributed by atoms with Crippen LogP contribution in [0, 0.1) is 5.92 Å². The first-order valence-electron chi connectivity index (χ1n) is 36.9. The molecule has 9 aromatic carbocycles. The topological polar surface area (TPSA) is 856 Å². The van der Waals surface area contributed by atoms with Crippen LogP contribution in [-0.4, -0.2) is 276 Å². The van der Waals surface area contributed by atoms with Crippen molar-refractivity contribution in [3.63, 3.8) is 0 Å². The Hall–Kier alpha value is -18.5. The summed E-state index contributed by atoms with van der Waals surface area (Å²) >= 11 is 0. The maximum absolute atomic E-state index is 16.6. The van der Waals surface area contributed by atoms with E-state index in [0.717, 1.165) is 0 Å². The first-order valence-corrected chi connectivity index (χ1v) is 36.9. The lowest BCUT2D eigenvalue weighted by molar-refractivity contribution is -0.200. The predicted octanol–water partition coefficient (Wildman–Crippen LogP) is 2.24. The second-order valence-corrected chi connectivity index (χ2v) is 29.9. The van der Waals surface area contributed by atoms with Gasteiger partial charge in [0.1, 0.15) is 25.2 Å². The summed E-state index contributed by atoms with van der Waals surface area (Å²) in [6.45, 7) is -3.93. The summed E-state index contributed by atoms with van der Waals surface area (Å²) in [5.41, 5.74) is -30.8. The number of ether oxygens (including phenoxy) is 11. The number of aliphatic hydroxyl groups is 2. The van der Waals surface area contributed by atoms with Crippen molar-refractivity contribution in [2.24, 2.45) is 5.92 Å². The number of carbonyl (C=O) groups excluding carboxylic acids is 11. The second kappa shape index (κ2) is 29.0. The monoisotopic (exact) mass is 1820 g/mol. The van der Waals surface area contributed by atoms with Gasteiger partial charge in [-0.3, -0.25) is 9.59 Å². The lowest BCUT2D eigenvalue weighted by Crippen LogP contribution is -2.65. The number of benzene rings is 9. The summed E-state index contributed by atoms with van der Waals surface area (Å²) in [7, 11) is 0. The van der Waals surface area contributed by atoms with E-state index < -0.39 is 418 Å². The highest BCUT2D eigenvalue weighted by molar-refractivity contribution is 6.22. The summed E-state index contributed by atoms with van der Waals surface area (Å²) in [6, 6.07) is 1.86. The molecular weight excluding hydrogens is 1770 g/mol. The van der Waals surface area contributed by atoms with Crippen molar-refractivity contribution in [3.05, 3.63) is 127 Å². The predicted molar refractivity (Wildman–Crippen MR) is 402 cm³/mol. The van der Waals surface area contributed by atoms with Gasteiger partial charge in [0.15, 0.2) is 164 Å². The number of phenolic OH excluding ortho intramolecular Hbond substituents is 26. The molecule has 0 amide bonds. The van der Waals surface area contributed by atoms with E-state index in [0.29, 0.717) is 12.1 Å². The minimum Gasteiger partial charge on any atom is -0.504 e. The molecule has 8 heterocycles. The number of Topliss-reactive ketones (excluding diaryl/α,β-unsaturated/α-hetero) is 1. The fourth-order valence-electron chi connectivity index (χ4n) is 17.0. The number of esters is 10. The average molecular weight is 1830 g/mol. The van der Waals surface area contributed by atoms with Gasteiger partial charge in [0.25, 0.3) is 0 Å². The van der Waals surface area contributed by atoms with Gasteiger partial charge in [-0.1, -0.05) is 0 Å². The highest BCUT2D eigenvalue weighted by Gasteiger charge is 2.77. The second-order valence-electron chi connectivity index (χ2n) is 29.9. The number of fused-ring (bicyclic) bond motifs is 12. The van der Waals surface area contributed by atoms with E-state index in [9.17, 15) is 157 Å². The Labute approximate surface area is 717 Å².